The van der Waals surface area contributed by atoms with E-state index in [1.807, 2.05) is 24.3 Å². The summed E-state index contributed by atoms with van der Waals surface area (Å²) < 4.78 is 6.88. The standard InChI is InChI=1S/C14H12N2O2/c17-14-12-6-10-18-13(12)5-9-16(14)8-4-11-3-1-2-7-15-11/h1-3,5-7,9-10H,4,8H2. The molecule has 3 heterocycles. The van der Waals surface area contributed by atoms with E-state index in [1.54, 1.807) is 23.0 Å². The molecule has 3 rings (SSSR count). The Morgan fingerprint density at radius 2 is 2.17 bits per heavy atom. The summed E-state index contributed by atoms with van der Waals surface area (Å²) >= 11 is 0. The minimum atomic E-state index is -0.0165. The van der Waals surface area contributed by atoms with Gasteiger partial charge >= 0.3 is 0 Å². The zero-order chi connectivity index (χ0) is 12.4. The molecule has 0 saturated heterocycles. The summed E-state index contributed by atoms with van der Waals surface area (Å²) in [5, 5.41) is 0.624. The van der Waals surface area contributed by atoms with E-state index < -0.39 is 0 Å². The Labute approximate surface area is 104 Å². The monoisotopic (exact) mass is 240 g/mol. The summed E-state index contributed by atoms with van der Waals surface area (Å²) in [6, 6.07) is 9.31. The summed E-state index contributed by atoms with van der Waals surface area (Å²) in [7, 11) is 0. The van der Waals surface area contributed by atoms with Gasteiger partial charge in [-0.1, -0.05) is 6.07 Å². The molecule has 0 aromatic carbocycles. The van der Waals surface area contributed by atoms with E-state index in [-0.39, 0.29) is 5.56 Å². The smallest absolute Gasteiger partial charge is 0.261 e. The van der Waals surface area contributed by atoms with Crippen LogP contribution in [0.2, 0.25) is 0 Å². The molecule has 3 aromatic rings. The molecule has 0 amide bonds. The largest absolute Gasteiger partial charge is 0.464 e. The molecule has 3 aromatic heterocycles. The van der Waals surface area contributed by atoms with Crippen molar-refractivity contribution in [3.05, 3.63) is 65.0 Å². The van der Waals surface area contributed by atoms with Crippen LogP contribution in [0.3, 0.4) is 0 Å². The number of fused-ring (bicyclic) bond motifs is 1. The van der Waals surface area contributed by atoms with E-state index in [4.69, 9.17) is 4.42 Å². The van der Waals surface area contributed by atoms with Gasteiger partial charge in [0, 0.05) is 31.1 Å². The quantitative estimate of drug-likeness (QED) is 0.705. The fourth-order valence-electron chi connectivity index (χ4n) is 1.96. The molecule has 0 radical (unpaired) electrons. The lowest BCUT2D eigenvalue weighted by molar-refractivity contribution is 0.611. The highest BCUT2D eigenvalue weighted by Crippen LogP contribution is 2.09. The summed E-state index contributed by atoms with van der Waals surface area (Å²) in [6.07, 6.45) is 5.80. The van der Waals surface area contributed by atoms with Crippen LogP contribution in [0.1, 0.15) is 5.69 Å². The number of aromatic nitrogens is 2. The van der Waals surface area contributed by atoms with Crippen molar-refractivity contribution in [3.8, 4) is 0 Å². The van der Waals surface area contributed by atoms with E-state index in [2.05, 4.69) is 4.98 Å². The predicted octanol–water partition coefficient (Wildman–Crippen LogP) is 2.23. The van der Waals surface area contributed by atoms with Crippen LogP contribution in [-0.2, 0) is 13.0 Å². The van der Waals surface area contributed by atoms with Crippen molar-refractivity contribution in [1.29, 1.82) is 0 Å². The first-order valence-corrected chi connectivity index (χ1v) is 5.81. The molecule has 0 unspecified atom stereocenters. The van der Waals surface area contributed by atoms with Gasteiger partial charge in [0.05, 0.1) is 11.6 Å². The van der Waals surface area contributed by atoms with Crippen LogP contribution in [-0.4, -0.2) is 9.55 Å². The second-order valence-corrected chi connectivity index (χ2v) is 4.08. The molecule has 0 N–H and O–H groups in total. The van der Waals surface area contributed by atoms with Crippen molar-refractivity contribution in [2.45, 2.75) is 13.0 Å². The summed E-state index contributed by atoms with van der Waals surface area (Å²) in [4.78, 5) is 16.3. The zero-order valence-electron chi connectivity index (χ0n) is 9.74. The Bertz CT molecular complexity index is 713. The number of rotatable bonds is 3. The third kappa shape index (κ3) is 1.93. The number of pyridine rings is 2. The van der Waals surface area contributed by atoms with Gasteiger partial charge in [0.25, 0.3) is 5.56 Å². The van der Waals surface area contributed by atoms with E-state index >= 15 is 0 Å². The molecule has 0 atom stereocenters. The van der Waals surface area contributed by atoms with Crippen LogP contribution >= 0.6 is 0 Å². The second-order valence-electron chi connectivity index (χ2n) is 4.08. The maximum Gasteiger partial charge on any atom is 0.261 e. The minimum Gasteiger partial charge on any atom is -0.464 e. The molecule has 0 aliphatic carbocycles. The molecule has 90 valence electrons. The van der Waals surface area contributed by atoms with Gasteiger partial charge in [-0.25, -0.2) is 0 Å². The van der Waals surface area contributed by atoms with Crippen LogP contribution < -0.4 is 5.56 Å². The summed E-state index contributed by atoms with van der Waals surface area (Å²) in [5.41, 5.74) is 1.60. The Balaban J connectivity index is 1.87. The molecular weight excluding hydrogens is 228 g/mol. The lowest BCUT2D eigenvalue weighted by Crippen LogP contribution is -2.20. The fourth-order valence-corrected chi connectivity index (χ4v) is 1.96. The van der Waals surface area contributed by atoms with Gasteiger partial charge in [-0.2, -0.15) is 0 Å². The highest BCUT2D eigenvalue weighted by atomic mass is 16.3. The molecule has 0 saturated carbocycles. The summed E-state index contributed by atoms with van der Waals surface area (Å²) in [6.45, 7) is 0.622. The van der Waals surface area contributed by atoms with Gasteiger partial charge in [0.2, 0.25) is 0 Å². The van der Waals surface area contributed by atoms with Crippen LogP contribution in [0.15, 0.2) is 58.2 Å². The number of nitrogens with zero attached hydrogens (tertiary/aromatic N) is 2. The molecular formula is C14H12N2O2. The fraction of sp³-hybridized carbons (Fsp3) is 0.143. The SMILES string of the molecule is O=c1c2ccoc2ccn1CCc1ccccn1. The number of aryl methyl sites for hydroxylation is 2. The first-order chi connectivity index (χ1) is 8.84. The van der Waals surface area contributed by atoms with Crippen LogP contribution in [0.5, 0.6) is 0 Å². The maximum absolute atomic E-state index is 12.1. The number of furan rings is 1. The molecule has 18 heavy (non-hydrogen) atoms. The second kappa shape index (κ2) is 4.49. The van der Waals surface area contributed by atoms with Gasteiger partial charge in [-0.05, 0) is 24.3 Å². The Hall–Kier alpha value is -2.36. The van der Waals surface area contributed by atoms with Crippen molar-refractivity contribution in [3.63, 3.8) is 0 Å². The van der Waals surface area contributed by atoms with E-state index in [0.29, 0.717) is 17.5 Å². The first kappa shape index (κ1) is 10.8. The van der Waals surface area contributed by atoms with Gasteiger partial charge in [0.1, 0.15) is 5.58 Å². The van der Waals surface area contributed by atoms with Crippen molar-refractivity contribution in [1.82, 2.24) is 9.55 Å². The molecule has 4 nitrogen and oxygen atoms in total. The van der Waals surface area contributed by atoms with E-state index in [0.717, 1.165) is 12.1 Å². The van der Waals surface area contributed by atoms with Crippen molar-refractivity contribution in [2.24, 2.45) is 0 Å². The van der Waals surface area contributed by atoms with Gasteiger partial charge in [0.15, 0.2) is 0 Å². The van der Waals surface area contributed by atoms with Gasteiger partial charge in [-0.15, -0.1) is 0 Å². The Morgan fingerprint density at radius 1 is 1.22 bits per heavy atom. The molecule has 4 heteroatoms. The number of hydrogen-bond acceptors (Lipinski definition) is 3. The molecule has 0 bridgehead atoms. The van der Waals surface area contributed by atoms with Crippen molar-refractivity contribution >= 4 is 11.0 Å². The maximum atomic E-state index is 12.1. The van der Waals surface area contributed by atoms with Gasteiger partial charge in [-0.3, -0.25) is 9.78 Å². The zero-order valence-corrected chi connectivity index (χ0v) is 9.74. The van der Waals surface area contributed by atoms with Crippen LogP contribution in [0, 0.1) is 0 Å². The predicted molar refractivity (Wildman–Crippen MR) is 68.4 cm³/mol. The Kier molecular flexibility index (Phi) is 2.68. The average Bonchev–Trinajstić information content (AvgIpc) is 2.88. The van der Waals surface area contributed by atoms with E-state index in [1.165, 1.54) is 6.26 Å². The summed E-state index contributed by atoms with van der Waals surface area (Å²) in [5.74, 6) is 0. The molecule has 0 fully saturated rings. The normalized spacial score (nSPS) is 10.9. The third-order valence-corrected chi connectivity index (χ3v) is 2.93. The highest BCUT2D eigenvalue weighted by Gasteiger charge is 2.04. The topological polar surface area (TPSA) is 48.0 Å². The Morgan fingerprint density at radius 3 is 3.00 bits per heavy atom. The van der Waals surface area contributed by atoms with E-state index in [9.17, 15) is 4.79 Å². The number of hydrogen-bond donors (Lipinski definition) is 0. The van der Waals surface area contributed by atoms with Crippen LogP contribution in [0.4, 0.5) is 0 Å². The minimum absolute atomic E-state index is 0.0165. The van der Waals surface area contributed by atoms with Crippen LogP contribution in [0.25, 0.3) is 11.0 Å². The molecule has 0 spiro atoms. The average molecular weight is 240 g/mol. The lowest BCUT2D eigenvalue weighted by atomic mass is 10.2. The van der Waals surface area contributed by atoms with Crippen molar-refractivity contribution < 1.29 is 4.42 Å². The highest BCUT2D eigenvalue weighted by molar-refractivity contribution is 5.75. The molecule has 0 aliphatic rings. The molecule has 0 aliphatic heterocycles. The van der Waals surface area contributed by atoms with Crippen molar-refractivity contribution in [2.75, 3.05) is 0 Å². The van der Waals surface area contributed by atoms with Gasteiger partial charge < -0.3 is 8.98 Å². The first-order valence-electron chi connectivity index (χ1n) is 5.81. The third-order valence-electron chi connectivity index (χ3n) is 2.93. The lowest BCUT2D eigenvalue weighted by Gasteiger charge is -2.04.